The van der Waals surface area contributed by atoms with Gasteiger partial charge in [-0.1, -0.05) is 18.2 Å². The van der Waals surface area contributed by atoms with Gasteiger partial charge < -0.3 is 4.74 Å². The second kappa shape index (κ2) is 8.10. The number of hydrogen-bond acceptors (Lipinski definition) is 4. The molecule has 1 N–H and O–H groups in total. The number of esters is 1. The minimum absolute atomic E-state index is 0.0615. The van der Waals surface area contributed by atoms with Gasteiger partial charge >= 0.3 is 12.1 Å². The fourth-order valence-corrected chi connectivity index (χ4v) is 3.64. The molecule has 5 nitrogen and oxygen atoms in total. The maximum Gasteiger partial charge on any atom is 0.416 e. The third-order valence-corrected chi connectivity index (χ3v) is 5.24. The predicted octanol–water partition coefficient (Wildman–Crippen LogP) is 3.92. The molecule has 0 saturated heterocycles. The van der Waals surface area contributed by atoms with E-state index in [2.05, 4.69) is 4.72 Å². The van der Waals surface area contributed by atoms with Gasteiger partial charge in [0.2, 0.25) is 10.0 Å². The molecule has 0 radical (unpaired) electrons. The highest BCUT2D eigenvalue weighted by Crippen LogP contribution is 2.31. The zero-order valence-electron chi connectivity index (χ0n) is 14.6. The van der Waals surface area contributed by atoms with Crippen LogP contribution in [0, 0.1) is 0 Å². The molecule has 0 amide bonds. The molecular formula is C18H18F3NO4S. The van der Waals surface area contributed by atoms with E-state index in [4.69, 9.17) is 4.74 Å². The summed E-state index contributed by atoms with van der Waals surface area (Å²) in [7, 11) is -4.07. The quantitative estimate of drug-likeness (QED) is 0.745. The van der Waals surface area contributed by atoms with Crippen LogP contribution in [-0.4, -0.2) is 21.0 Å². The van der Waals surface area contributed by atoms with Crippen molar-refractivity contribution in [2.24, 2.45) is 0 Å². The van der Waals surface area contributed by atoms with Gasteiger partial charge in [0.25, 0.3) is 0 Å². The van der Waals surface area contributed by atoms with Crippen molar-refractivity contribution in [1.29, 1.82) is 0 Å². The van der Waals surface area contributed by atoms with Crippen molar-refractivity contribution >= 4 is 16.0 Å². The second-order valence-corrected chi connectivity index (χ2v) is 7.43. The van der Waals surface area contributed by atoms with Crippen LogP contribution < -0.4 is 4.72 Å². The van der Waals surface area contributed by atoms with Gasteiger partial charge in [0.1, 0.15) is 0 Å². The van der Waals surface area contributed by atoms with Gasteiger partial charge in [-0.3, -0.25) is 0 Å². The summed E-state index contributed by atoms with van der Waals surface area (Å²) in [5.74, 6) is -0.666. The summed E-state index contributed by atoms with van der Waals surface area (Å²) in [5.41, 5.74) is -0.642. The van der Waals surface area contributed by atoms with Gasteiger partial charge in [-0.2, -0.15) is 13.2 Å². The first-order valence-electron chi connectivity index (χ1n) is 8.01. The zero-order valence-corrected chi connectivity index (χ0v) is 15.4. The fourth-order valence-electron chi connectivity index (χ4n) is 2.36. The van der Waals surface area contributed by atoms with Gasteiger partial charge in [0.15, 0.2) is 0 Å². The van der Waals surface area contributed by atoms with Gasteiger partial charge in [-0.25, -0.2) is 17.9 Å². The second-order valence-electron chi connectivity index (χ2n) is 5.71. The van der Waals surface area contributed by atoms with Gasteiger partial charge in [0.05, 0.1) is 22.6 Å². The van der Waals surface area contributed by atoms with Crippen LogP contribution in [0.4, 0.5) is 13.2 Å². The van der Waals surface area contributed by atoms with Gasteiger partial charge in [0, 0.05) is 6.04 Å². The molecule has 1 unspecified atom stereocenters. The van der Waals surface area contributed by atoms with E-state index in [0.29, 0.717) is 0 Å². The predicted molar refractivity (Wildman–Crippen MR) is 92.6 cm³/mol. The standard InChI is InChI=1S/C18H18F3NO4S/c1-3-26-17(23)14-7-5-9-16(11-14)27(24,25)22-12(2)13-6-4-8-15(10-13)18(19,20)21/h4-12,22H,3H2,1-2H3. The molecule has 0 bridgehead atoms. The number of carbonyl (C=O) groups excluding carboxylic acids is 1. The number of rotatable bonds is 6. The lowest BCUT2D eigenvalue weighted by Crippen LogP contribution is -2.27. The molecule has 27 heavy (non-hydrogen) atoms. The summed E-state index contributed by atoms with van der Waals surface area (Å²) < 4.78 is 70.7. The lowest BCUT2D eigenvalue weighted by Gasteiger charge is -2.16. The van der Waals surface area contributed by atoms with Crippen LogP contribution in [0.25, 0.3) is 0 Å². The average Bonchev–Trinajstić information content (AvgIpc) is 2.61. The molecule has 0 aliphatic carbocycles. The third kappa shape index (κ3) is 5.30. The number of alkyl halides is 3. The van der Waals surface area contributed by atoms with Crippen LogP contribution >= 0.6 is 0 Å². The highest BCUT2D eigenvalue weighted by atomic mass is 32.2. The number of benzene rings is 2. The van der Waals surface area contributed by atoms with E-state index in [-0.39, 0.29) is 22.6 Å². The topological polar surface area (TPSA) is 72.5 Å². The molecule has 0 heterocycles. The fraction of sp³-hybridized carbons (Fsp3) is 0.278. The molecule has 9 heteroatoms. The van der Waals surface area contributed by atoms with Crippen molar-refractivity contribution in [3.05, 3.63) is 65.2 Å². The molecule has 2 aromatic rings. The molecule has 0 saturated carbocycles. The summed E-state index contributed by atoms with van der Waals surface area (Å²) in [6.45, 7) is 3.19. The maximum absolute atomic E-state index is 12.8. The van der Waals surface area contributed by atoms with Crippen LogP contribution in [0.3, 0.4) is 0 Å². The van der Waals surface area contributed by atoms with Gasteiger partial charge in [-0.05, 0) is 49.7 Å². The number of ether oxygens (including phenoxy) is 1. The summed E-state index contributed by atoms with van der Waals surface area (Å²) in [4.78, 5) is 11.6. The normalized spacial score (nSPS) is 13.2. The number of carbonyl (C=O) groups is 1. The van der Waals surface area contributed by atoms with E-state index >= 15 is 0 Å². The smallest absolute Gasteiger partial charge is 0.416 e. The van der Waals surface area contributed by atoms with Crippen LogP contribution in [-0.2, 0) is 20.9 Å². The Hall–Kier alpha value is -2.39. The van der Waals surface area contributed by atoms with Gasteiger partial charge in [-0.15, -0.1) is 0 Å². The highest BCUT2D eigenvalue weighted by Gasteiger charge is 2.31. The largest absolute Gasteiger partial charge is 0.462 e. The SMILES string of the molecule is CCOC(=O)c1cccc(S(=O)(=O)NC(C)c2cccc(C(F)(F)F)c2)c1. The minimum atomic E-state index is -4.53. The Morgan fingerprint density at radius 2 is 1.81 bits per heavy atom. The molecule has 146 valence electrons. The molecule has 0 aliphatic heterocycles. The molecule has 1 atom stereocenters. The van der Waals surface area contributed by atoms with E-state index in [9.17, 15) is 26.4 Å². The van der Waals surface area contributed by atoms with E-state index in [1.807, 2.05) is 0 Å². The average molecular weight is 401 g/mol. The Morgan fingerprint density at radius 3 is 2.44 bits per heavy atom. The van der Waals surface area contributed by atoms with Crippen LogP contribution in [0.2, 0.25) is 0 Å². The molecule has 2 aromatic carbocycles. The monoisotopic (exact) mass is 401 g/mol. The Morgan fingerprint density at radius 1 is 1.15 bits per heavy atom. The van der Waals surface area contributed by atoms with Crippen molar-refractivity contribution in [2.45, 2.75) is 31.0 Å². The van der Waals surface area contributed by atoms with Crippen LogP contribution in [0.1, 0.15) is 41.4 Å². The number of sulfonamides is 1. The van der Waals surface area contributed by atoms with Crippen LogP contribution in [0.15, 0.2) is 53.4 Å². The first-order valence-corrected chi connectivity index (χ1v) is 9.49. The summed E-state index contributed by atoms with van der Waals surface area (Å²) in [6.07, 6.45) is -4.53. The molecule has 0 spiro atoms. The van der Waals surface area contributed by atoms with E-state index < -0.39 is 33.8 Å². The molecule has 2 rings (SSSR count). The first kappa shape index (κ1) is 20.9. The zero-order chi connectivity index (χ0) is 20.2. The van der Waals surface area contributed by atoms with Crippen molar-refractivity contribution in [3.63, 3.8) is 0 Å². The lowest BCUT2D eigenvalue weighted by molar-refractivity contribution is -0.137. The summed E-state index contributed by atoms with van der Waals surface area (Å²) >= 11 is 0. The number of nitrogens with one attached hydrogen (secondary N) is 1. The third-order valence-electron chi connectivity index (χ3n) is 3.70. The Balaban J connectivity index is 2.26. The Labute approximate surface area is 155 Å². The summed E-state index contributed by atoms with van der Waals surface area (Å²) in [5, 5.41) is 0. The van der Waals surface area contributed by atoms with E-state index in [1.54, 1.807) is 6.92 Å². The van der Waals surface area contributed by atoms with Crippen molar-refractivity contribution < 1.29 is 31.1 Å². The first-order chi connectivity index (χ1) is 12.5. The Kier molecular flexibility index (Phi) is 6.27. The van der Waals surface area contributed by atoms with Crippen molar-refractivity contribution in [3.8, 4) is 0 Å². The number of halogens is 3. The maximum atomic E-state index is 12.8. The van der Waals surface area contributed by atoms with E-state index in [1.165, 1.54) is 37.3 Å². The molecule has 0 fully saturated rings. The number of hydrogen-bond donors (Lipinski definition) is 1. The van der Waals surface area contributed by atoms with Crippen molar-refractivity contribution in [2.75, 3.05) is 6.61 Å². The van der Waals surface area contributed by atoms with E-state index in [0.717, 1.165) is 18.2 Å². The molecule has 0 aliphatic rings. The highest BCUT2D eigenvalue weighted by molar-refractivity contribution is 7.89. The van der Waals surface area contributed by atoms with Crippen LogP contribution in [0.5, 0.6) is 0 Å². The Bertz CT molecular complexity index is 926. The summed E-state index contributed by atoms with van der Waals surface area (Å²) in [6, 6.07) is 8.73. The van der Waals surface area contributed by atoms with Crippen molar-refractivity contribution in [1.82, 2.24) is 4.72 Å². The molecule has 0 aromatic heterocycles. The minimum Gasteiger partial charge on any atom is -0.462 e. The lowest BCUT2D eigenvalue weighted by atomic mass is 10.1. The molecular weight excluding hydrogens is 383 g/mol.